The minimum Gasteiger partial charge on any atom is -0.392 e. The quantitative estimate of drug-likeness (QED) is 0.219. The molecule has 0 atom stereocenters. The molecule has 1 saturated carbocycles. The molecule has 1 fully saturated rings. The lowest BCUT2D eigenvalue weighted by Crippen LogP contribution is -2.44. The van der Waals surface area contributed by atoms with E-state index in [0.29, 0.717) is 22.5 Å². The van der Waals surface area contributed by atoms with Gasteiger partial charge >= 0.3 is 0 Å². The Morgan fingerprint density at radius 1 is 1.00 bits per heavy atom. The molecule has 204 valence electrons. The standard InChI is InChI=1S/C33H37ClN2O2S/c1-3-6-23-13-14-25(24-11-9-22(21-37)10-12-24)19-26(23)20-36(28-17-15-27(35-2)16-18-28)33(38)32-31(34)29-7-4-5-8-30(29)39-32/h4-5,7-14,19,27-28,35,37H,3,6,15-18,20-21H2,1-2H3. The number of nitrogens with one attached hydrogen (secondary N) is 1. The summed E-state index contributed by atoms with van der Waals surface area (Å²) in [4.78, 5) is 17.0. The van der Waals surface area contributed by atoms with Gasteiger partial charge in [0.2, 0.25) is 0 Å². The Labute approximate surface area is 240 Å². The minimum atomic E-state index is 0.0358. The summed E-state index contributed by atoms with van der Waals surface area (Å²) < 4.78 is 1.05. The molecule has 1 aromatic heterocycles. The van der Waals surface area contributed by atoms with E-state index in [4.69, 9.17) is 11.6 Å². The van der Waals surface area contributed by atoms with Crippen LogP contribution in [-0.2, 0) is 19.6 Å². The monoisotopic (exact) mass is 560 g/mol. The number of thiophene rings is 1. The van der Waals surface area contributed by atoms with Gasteiger partial charge in [-0.15, -0.1) is 11.3 Å². The molecule has 4 nitrogen and oxygen atoms in total. The fraction of sp³-hybridized carbons (Fsp3) is 0.364. The number of hydrogen-bond donors (Lipinski definition) is 2. The number of benzene rings is 3. The third-order valence-corrected chi connectivity index (χ3v) is 9.74. The molecule has 1 aliphatic rings. The zero-order chi connectivity index (χ0) is 27.4. The number of rotatable bonds is 9. The average Bonchev–Trinajstić information content (AvgIpc) is 3.33. The lowest BCUT2D eigenvalue weighted by atomic mass is 9.89. The lowest BCUT2D eigenvalue weighted by Gasteiger charge is -2.37. The van der Waals surface area contributed by atoms with Gasteiger partial charge in [-0.25, -0.2) is 0 Å². The topological polar surface area (TPSA) is 52.6 Å². The summed E-state index contributed by atoms with van der Waals surface area (Å²) in [5.74, 6) is 0.0363. The van der Waals surface area contributed by atoms with Gasteiger partial charge < -0.3 is 15.3 Å². The van der Waals surface area contributed by atoms with Crippen LogP contribution in [-0.4, -0.2) is 35.0 Å². The van der Waals surface area contributed by atoms with E-state index in [1.807, 2.05) is 43.4 Å². The molecule has 0 aliphatic heterocycles. The van der Waals surface area contributed by atoms with Gasteiger partial charge in [-0.2, -0.15) is 0 Å². The van der Waals surface area contributed by atoms with Crippen LogP contribution < -0.4 is 5.32 Å². The number of aryl methyl sites for hydroxylation is 1. The first-order chi connectivity index (χ1) is 19.0. The Kier molecular flexibility index (Phi) is 9.03. The highest BCUT2D eigenvalue weighted by Crippen LogP contribution is 2.38. The Balaban J connectivity index is 1.53. The van der Waals surface area contributed by atoms with Crippen molar-refractivity contribution in [1.29, 1.82) is 0 Å². The van der Waals surface area contributed by atoms with E-state index in [9.17, 15) is 9.90 Å². The van der Waals surface area contributed by atoms with Gasteiger partial charge in [-0.3, -0.25) is 4.79 Å². The molecule has 2 N–H and O–H groups in total. The lowest BCUT2D eigenvalue weighted by molar-refractivity contribution is 0.0606. The molecule has 6 heteroatoms. The van der Waals surface area contributed by atoms with Crippen molar-refractivity contribution in [2.45, 2.75) is 70.7 Å². The van der Waals surface area contributed by atoms with Gasteiger partial charge in [0.15, 0.2) is 0 Å². The number of carbonyl (C=O) groups is 1. The predicted octanol–water partition coefficient (Wildman–Crippen LogP) is 7.84. The van der Waals surface area contributed by atoms with Crippen molar-refractivity contribution >= 4 is 38.9 Å². The van der Waals surface area contributed by atoms with Gasteiger partial charge in [0, 0.05) is 28.7 Å². The first-order valence-corrected chi connectivity index (χ1v) is 15.2. The van der Waals surface area contributed by atoms with Crippen LogP contribution in [0.25, 0.3) is 21.2 Å². The largest absolute Gasteiger partial charge is 0.392 e. The van der Waals surface area contributed by atoms with Crippen molar-refractivity contribution in [1.82, 2.24) is 10.2 Å². The van der Waals surface area contributed by atoms with Crippen LogP contribution in [0.15, 0.2) is 66.7 Å². The summed E-state index contributed by atoms with van der Waals surface area (Å²) in [6.45, 7) is 2.80. The smallest absolute Gasteiger partial charge is 0.266 e. The van der Waals surface area contributed by atoms with Crippen molar-refractivity contribution in [2.24, 2.45) is 0 Å². The predicted molar refractivity (Wildman–Crippen MR) is 164 cm³/mol. The molecular formula is C33H37ClN2O2S. The average molecular weight is 561 g/mol. The minimum absolute atomic E-state index is 0.0358. The zero-order valence-corrected chi connectivity index (χ0v) is 24.3. The highest BCUT2D eigenvalue weighted by atomic mass is 35.5. The number of hydrogen-bond acceptors (Lipinski definition) is 4. The molecule has 0 spiro atoms. The van der Waals surface area contributed by atoms with E-state index < -0.39 is 0 Å². The first-order valence-electron chi connectivity index (χ1n) is 14.0. The van der Waals surface area contributed by atoms with Crippen LogP contribution in [0.5, 0.6) is 0 Å². The number of amides is 1. The second-order valence-corrected chi connectivity index (χ2v) is 12.0. The number of aliphatic hydroxyl groups is 1. The Morgan fingerprint density at radius 3 is 2.38 bits per heavy atom. The molecule has 1 aliphatic carbocycles. The molecule has 3 aromatic carbocycles. The summed E-state index contributed by atoms with van der Waals surface area (Å²) in [5.41, 5.74) is 5.62. The molecule has 1 amide bonds. The number of fused-ring (bicyclic) bond motifs is 1. The van der Waals surface area contributed by atoms with Gasteiger partial charge in [-0.1, -0.05) is 79.5 Å². The number of nitrogens with zero attached hydrogens (tertiary/aromatic N) is 1. The summed E-state index contributed by atoms with van der Waals surface area (Å²) >= 11 is 8.33. The number of halogens is 1. The van der Waals surface area contributed by atoms with E-state index >= 15 is 0 Å². The fourth-order valence-electron chi connectivity index (χ4n) is 5.78. The molecule has 4 aromatic rings. The third kappa shape index (κ3) is 6.07. The third-order valence-electron chi connectivity index (χ3n) is 8.07. The SMILES string of the molecule is CCCc1ccc(-c2ccc(CO)cc2)cc1CN(C(=O)c1sc2ccccc2c1Cl)C1CCC(NC)CC1. The molecule has 0 saturated heterocycles. The van der Waals surface area contributed by atoms with Gasteiger partial charge in [0.25, 0.3) is 5.91 Å². The number of aliphatic hydroxyl groups excluding tert-OH is 1. The summed E-state index contributed by atoms with van der Waals surface area (Å²) in [6, 6.07) is 23.4. The maximum absolute atomic E-state index is 14.3. The van der Waals surface area contributed by atoms with Crippen molar-refractivity contribution in [3.63, 3.8) is 0 Å². The maximum atomic E-state index is 14.3. The number of carbonyl (C=O) groups excluding carboxylic acids is 1. The molecule has 0 radical (unpaired) electrons. The van der Waals surface area contributed by atoms with Crippen LogP contribution in [0.3, 0.4) is 0 Å². The van der Waals surface area contributed by atoms with E-state index in [1.165, 1.54) is 22.5 Å². The Hall–Kier alpha value is -2.70. The van der Waals surface area contributed by atoms with E-state index in [0.717, 1.165) is 65.3 Å². The molecule has 1 heterocycles. The molecule has 0 bridgehead atoms. The van der Waals surface area contributed by atoms with Crippen LogP contribution in [0, 0.1) is 0 Å². The highest BCUT2D eigenvalue weighted by molar-refractivity contribution is 7.21. The summed E-state index contributed by atoms with van der Waals surface area (Å²) in [5, 5.41) is 14.4. The van der Waals surface area contributed by atoms with Crippen molar-refractivity contribution in [3.05, 3.63) is 93.3 Å². The highest BCUT2D eigenvalue weighted by Gasteiger charge is 2.32. The first kappa shape index (κ1) is 27.9. The molecule has 39 heavy (non-hydrogen) atoms. The van der Waals surface area contributed by atoms with Gasteiger partial charge in [0.05, 0.1) is 11.6 Å². The Bertz CT molecular complexity index is 1420. The summed E-state index contributed by atoms with van der Waals surface area (Å²) in [7, 11) is 2.03. The van der Waals surface area contributed by atoms with Crippen molar-refractivity contribution < 1.29 is 9.90 Å². The van der Waals surface area contributed by atoms with Crippen molar-refractivity contribution in [2.75, 3.05) is 7.05 Å². The molecule has 5 rings (SSSR count). The van der Waals surface area contributed by atoms with Crippen LogP contribution in [0.4, 0.5) is 0 Å². The molecule has 0 unspecified atom stereocenters. The second kappa shape index (κ2) is 12.6. The van der Waals surface area contributed by atoms with E-state index in [-0.39, 0.29) is 18.6 Å². The van der Waals surface area contributed by atoms with Crippen LogP contribution in [0.2, 0.25) is 5.02 Å². The van der Waals surface area contributed by atoms with Gasteiger partial charge in [-0.05, 0) is 79.1 Å². The maximum Gasteiger partial charge on any atom is 0.266 e. The summed E-state index contributed by atoms with van der Waals surface area (Å²) in [6.07, 6.45) is 6.09. The second-order valence-electron chi connectivity index (χ2n) is 10.6. The normalized spacial score (nSPS) is 17.4. The van der Waals surface area contributed by atoms with E-state index in [1.54, 1.807) is 0 Å². The van der Waals surface area contributed by atoms with Gasteiger partial charge in [0.1, 0.15) is 4.88 Å². The molecular weight excluding hydrogens is 524 g/mol. The van der Waals surface area contributed by atoms with Crippen LogP contribution in [0.1, 0.15) is 65.4 Å². The van der Waals surface area contributed by atoms with E-state index in [2.05, 4.69) is 47.5 Å². The van der Waals surface area contributed by atoms with Crippen LogP contribution >= 0.6 is 22.9 Å². The zero-order valence-electron chi connectivity index (χ0n) is 22.8. The Morgan fingerprint density at radius 2 is 1.72 bits per heavy atom. The van der Waals surface area contributed by atoms with Crippen molar-refractivity contribution in [3.8, 4) is 11.1 Å². The fourth-order valence-corrected chi connectivity index (χ4v) is 7.25.